The van der Waals surface area contributed by atoms with Crippen LogP contribution in [0.15, 0.2) is 24.3 Å². The maximum Gasteiger partial charge on any atom is 0.0326 e. The monoisotopic (exact) mass is 215 g/mol. The smallest absolute Gasteiger partial charge is 0.0326 e. The van der Waals surface area contributed by atoms with Crippen molar-refractivity contribution in [1.29, 1.82) is 0 Å². The molecule has 0 heterocycles. The predicted molar refractivity (Wildman–Crippen MR) is 70.3 cm³/mol. The van der Waals surface area contributed by atoms with Crippen LogP contribution in [0.1, 0.15) is 43.9 Å². The Labute approximate surface area is 99.3 Å². The summed E-state index contributed by atoms with van der Waals surface area (Å²) >= 11 is 0. The van der Waals surface area contributed by atoms with Crippen LogP contribution in [-0.4, -0.2) is 7.05 Å². The van der Waals surface area contributed by atoms with Crippen LogP contribution in [0.25, 0.3) is 0 Å². The van der Waals surface area contributed by atoms with Crippen LogP contribution >= 0.6 is 0 Å². The Kier molecular flexibility index (Phi) is 5.67. The third kappa shape index (κ3) is 3.72. The molecule has 0 fully saturated rings. The molecule has 16 heavy (non-hydrogen) atoms. The number of hydrogen-bond acceptors (Lipinski definition) is 1. The second-order valence-corrected chi connectivity index (χ2v) is 3.90. The number of nitrogens with one attached hydrogen (secondary N) is 1. The predicted octanol–water partition coefficient (Wildman–Crippen LogP) is 3.31. The number of benzene rings is 1. The summed E-state index contributed by atoms with van der Waals surface area (Å²) in [5.41, 5.74) is 2.75. The molecule has 1 rings (SSSR count). The molecular formula is C15H21N. The van der Waals surface area contributed by atoms with Crippen molar-refractivity contribution >= 4 is 0 Å². The van der Waals surface area contributed by atoms with Gasteiger partial charge in [0.15, 0.2) is 0 Å². The highest BCUT2D eigenvalue weighted by atomic mass is 14.9. The van der Waals surface area contributed by atoms with Crippen molar-refractivity contribution in [1.82, 2.24) is 5.32 Å². The molecular weight excluding hydrogens is 194 g/mol. The van der Waals surface area contributed by atoms with E-state index in [1.54, 1.807) is 0 Å². The van der Waals surface area contributed by atoms with Gasteiger partial charge in [0.25, 0.3) is 0 Å². The summed E-state index contributed by atoms with van der Waals surface area (Å²) < 4.78 is 0. The van der Waals surface area contributed by atoms with Crippen LogP contribution in [0.4, 0.5) is 0 Å². The molecule has 1 aromatic carbocycles. The summed E-state index contributed by atoms with van der Waals surface area (Å²) in [6, 6.07) is 9.29. The van der Waals surface area contributed by atoms with E-state index < -0.39 is 0 Å². The molecule has 1 unspecified atom stereocenters. The summed E-state index contributed by atoms with van der Waals surface area (Å²) in [5, 5.41) is 3.35. The van der Waals surface area contributed by atoms with Crippen LogP contribution < -0.4 is 5.32 Å². The summed E-state index contributed by atoms with van der Waals surface area (Å²) in [5.74, 6) is 6.05. The summed E-state index contributed by atoms with van der Waals surface area (Å²) in [4.78, 5) is 0. The lowest BCUT2D eigenvalue weighted by atomic mass is 10.0. The molecule has 1 atom stereocenters. The van der Waals surface area contributed by atoms with E-state index in [0.29, 0.717) is 6.04 Å². The van der Waals surface area contributed by atoms with Gasteiger partial charge >= 0.3 is 0 Å². The fourth-order valence-electron chi connectivity index (χ4n) is 1.80. The topological polar surface area (TPSA) is 12.0 Å². The minimum absolute atomic E-state index is 0.423. The fourth-order valence-corrected chi connectivity index (χ4v) is 1.80. The van der Waals surface area contributed by atoms with Gasteiger partial charge < -0.3 is 5.32 Å². The van der Waals surface area contributed by atoms with Gasteiger partial charge in [-0.1, -0.05) is 31.2 Å². The first kappa shape index (κ1) is 12.8. The van der Waals surface area contributed by atoms with Crippen LogP contribution in [-0.2, 0) is 6.42 Å². The molecule has 0 spiro atoms. The van der Waals surface area contributed by atoms with Crippen molar-refractivity contribution < 1.29 is 0 Å². The van der Waals surface area contributed by atoms with E-state index in [1.807, 2.05) is 14.0 Å². The molecule has 0 aromatic heterocycles. The van der Waals surface area contributed by atoms with Gasteiger partial charge in [-0.2, -0.15) is 0 Å². The van der Waals surface area contributed by atoms with E-state index in [2.05, 4.69) is 48.3 Å². The zero-order valence-electron chi connectivity index (χ0n) is 10.5. The molecule has 0 radical (unpaired) electrons. The van der Waals surface area contributed by atoms with E-state index in [4.69, 9.17) is 0 Å². The van der Waals surface area contributed by atoms with E-state index in [-0.39, 0.29) is 0 Å². The molecule has 0 aliphatic rings. The second kappa shape index (κ2) is 7.09. The Balaban J connectivity index is 2.65. The Hall–Kier alpha value is -1.26. The van der Waals surface area contributed by atoms with Gasteiger partial charge in [-0.05, 0) is 37.9 Å². The van der Waals surface area contributed by atoms with Gasteiger partial charge in [0.2, 0.25) is 0 Å². The average Bonchev–Trinajstić information content (AvgIpc) is 2.35. The highest BCUT2D eigenvalue weighted by Crippen LogP contribution is 2.18. The largest absolute Gasteiger partial charge is 0.313 e. The minimum Gasteiger partial charge on any atom is -0.313 e. The minimum atomic E-state index is 0.423. The SMILES string of the molecule is CC#CCCC(NC)c1ccc(CC)cc1. The van der Waals surface area contributed by atoms with Gasteiger partial charge in [-0.3, -0.25) is 0 Å². The van der Waals surface area contributed by atoms with Crippen molar-refractivity contribution in [2.45, 2.75) is 39.2 Å². The van der Waals surface area contributed by atoms with Crippen LogP contribution in [0.5, 0.6) is 0 Å². The van der Waals surface area contributed by atoms with E-state index >= 15 is 0 Å². The Morgan fingerprint density at radius 1 is 1.25 bits per heavy atom. The van der Waals surface area contributed by atoms with Crippen molar-refractivity contribution in [2.75, 3.05) is 7.05 Å². The molecule has 0 saturated heterocycles. The summed E-state index contributed by atoms with van der Waals surface area (Å²) in [6.07, 6.45) is 3.13. The Morgan fingerprint density at radius 3 is 2.44 bits per heavy atom. The first-order chi connectivity index (χ1) is 7.81. The van der Waals surface area contributed by atoms with Crippen molar-refractivity contribution in [3.8, 4) is 11.8 Å². The van der Waals surface area contributed by atoms with Crippen LogP contribution in [0.2, 0.25) is 0 Å². The zero-order valence-corrected chi connectivity index (χ0v) is 10.5. The lowest BCUT2D eigenvalue weighted by molar-refractivity contribution is 0.558. The molecule has 1 heteroatoms. The molecule has 1 aromatic rings. The first-order valence-electron chi connectivity index (χ1n) is 5.97. The van der Waals surface area contributed by atoms with Gasteiger partial charge in [-0.15, -0.1) is 11.8 Å². The van der Waals surface area contributed by atoms with E-state index in [1.165, 1.54) is 11.1 Å². The Morgan fingerprint density at radius 2 is 1.94 bits per heavy atom. The van der Waals surface area contributed by atoms with E-state index in [9.17, 15) is 0 Å². The maximum absolute atomic E-state index is 3.35. The third-order valence-electron chi connectivity index (χ3n) is 2.87. The van der Waals surface area contributed by atoms with Crippen molar-refractivity contribution in [3.63, 3.8) is 0 Å². The molecule has 0 saturated carbocycles. The molecule has 0 bridgehead atoms. The van der Waals surface area contributed by atoms with Crippen LogP contribution in [0, 0.1) is 11.8 Å². The normalized spacial score (nSPS) is 11.7. The van der Waals surface area contributed by atoms with Gasteiger partial charge in [0.1, 0.15) is 0 Å². The number of aryl methyl sites for hydroxylation is 1. The highest BCUT2D eigenvalue weighted by molar-refractivity contribution is 5.25. The van der Waals surface area contributed by atoms with Crippen molar-refractivity contribution in [2.24, 2.45) is 0 Å². The van der Waals surface area contributed by atoms with Crippen LogP contribution in [0.3, 0.4) is 0 Å². The molecule has 1 nitrogen and oxygen atoms in total. The molecule has 1 N–H and O–H groups in total. The first-order valence-corrected chi connectivity index (χ1v) is 5.97. The standard InChI is InChI=1S/C15H21N/c1-4-6-7-8-15(16-3)14-11-9-13(5-2)10-12-14/h9-12,15-16H,5,7-8H2,1-3H3. The van der Waals surface area contributed by atoms with Crippen molar-refractivity contribution in [3.05, 3.63) is 35.4 Å². The third-order valence-corrected chi connectivity index (χ3v) is 2.87. The fraction of sp³-hybridized carbons (Fsp3) is 0.467. The zero-order chi connectivity index (χ0) is 11.8. The lowest BCUT2D eigenvalue weighted by Gasteiger charge is -2.15. The molecule has 86 valence electrons. The molecule has 0 amide bonds. The average molecular weight is 215 g/mol. The second-order valence-electron chi connectivity index (χ2n) is 3.90. The number of hydrogen-bond donors (Lipinski definition) is 1. The maximum atomic E-state index is 3.35. The van der Waals surface area contributed by atoms with Gasteiger partial charge in [0.05, 0.1) is 0 Å². The number of rotatable bonds is 5. The molecule has 0 aliphatic carbocycles. The quantitative estimate of drug-likeness (QED) is 0.743. The summed E-state index contributed by atoms with van der Waals surface area (Å²) in [6.45, 7) is 4.08. The lowest BCUT2D eigenvalue weighted by Crippen LogP contribution is -2.16. The van der Waals surface area contributed by atoms with E-state index in [0.717, 1.165) is 19.3 Å². The Bertz CT molecular complexity index is 353. The highest BCUT2D eigenvalue weighted by Gasteiger charge is 2.07. The van der Waals surface area contributed by atoms with Gasteiger partial charge in [0, 0.05) is 12.5 Å². The van der Waals surface area contributed by atoms with Gasteiger partial charge in [-0.25, -0.2) is 0 Å². The molecule has 0 aliphatic heterocycles. The summed E-state index contributed by atoms with van der Waals surface area (Å²) in [7, 11) is 2.01.